The third-order valence-corrected chi connectivity index (χ3v) is 4.56. The van der Waals surface area contributed by atoms with Crippen LogP contribution in [0.3, 0.4) is 0 Å². The maximum atomic E-state index is 12.2. The highest BCUT2D eigenvalue weighted by atomic mass is 35.5. The van der Waals surface area contributed by atoms with E-state index >= 15 is 0 Å². The topological polar surface area (TPSA) is 66.0 Å². The Bertz CT molecular complexity index is 974. The minimum Gasteiger partial charge on any atom is -0.459 e. The molecule has 0 saturated carbocycles. The molecule has 2 aromatic carbocycles. The molecule has 0 fully saturated rings. The predicted octanol–water partition coefficient (Wildman–Crippen LogP) is 5.80. The summed E-state index contributed by atoms with van der Waals surface area (Å²) in [6, 6.07) is 16.0. The van der Waals surface area contributed by atoms with Crippen LogP contribution in [0.4, 0.5) is 5.69 Å². The van der Waals surface area contributed by atoms with Crippen molar-refractivity contribution in [2.75, 3.05) is 5.32 Å². The van der Waals surface area contributed by atoms with Crippen LogP contribution in [-0.4, -0.2) is 5.91 Å². The summed E-state index contributed by atoms with van der Waals surface area (Å²) in [6.45, 7) is 1.84. The zero-order chi connectivity index (χ0) is 18.7. The fourth-order valence-electron chi connectivity index (χ4n) is 2.63. The maximum Gasteiger partial charge on any atom is 0.291 e. The number of halogens is 2. The Morgan fingerprint density at radius 1 is 1.19 bits per heavy atom. The van der Waals surface area contributed by atoms with Crippen molar-refractivity contribution >= 4 is 34.8 Å². The number of carbonyl (C=O) groups is 1. The molecule has 130 valence electrons. The van der Waals surface area contributed by atoms with Crippen LogP contribution in [0.25, 0.3) is 0 Å². The standard InChI is InChI=1S/C20H14Cl2N2O2/c1-12-9-15(16(11-23)13-4-6-14(21)7-5-13)17(22)10-18(12)24-20(25)19-3-2-8-26-19/h2-10,16H,1H3,(H,24,25)/t16-/m0/s1. The molecule has 0 aliphatic rings. The number of anilines is 1. The van der Waals surface area contributed by atoms with Crippen molar-refractivity contribution in [1.82, 2.24) is 0 Å². The van der Waals surface area contributed by atoms with Crippen molar-refractivity contribution in [3.05, 3.63) is 87.3 Å². The van der Waals surface area contributed by atoms with Crippen molar-refractivity contribution in [1.29, 1.82) is 5.26 Å². The molecule has 1 atom stereocenters. The van der Waals surface area contributed by atoms with E-state index in [4.69, 9.17) is 27.6 Å². The van der Waals surface area contributed by atoms with Gasteiger partial charge in [-0.15, -0.1) is 0 Å². The predicted molar refractivity (Wildman–Crippen MR) is 102 cm³/mol. The Hall–Kier alpha value is -2.74. The Balaban J connectivity index is 1.92. The van der Waals surface area contributed by atoms with Crippen LogP contribution in [0, 0.1) is 18.3 Å². The Morgan fingerprint density at radius 3 is 2.54 bits per heavy atom. The van der Waals surface area contributed by atoms with E-state index in [2.05, 4.69) is 11.4 Å². The average Bonchev–Trinajstić information content (AvgIpc) is 3.16. The third-order valence-electron chi connectivity index (χ3n) is 3.98. The summed E-state index contributed by atoms with van der Waals surface area (Å²) < 4.78 is 5.09. The summed E-state index contributed by atoms with van der Waals surface area (Å²) in [4.78, 5) is 12.2. The molecule has 3 aromatic rings. The summed E-state index contributed by atoms with van der Waals surface area (Å²) in [5, 5.41) is 13.4. The van der Waals surface area contributed by atoms with Crippen LogP contribution in [0.15, 0.2) is 59.2 Å². The highest BCUT2D eigenvalue weighted by Crippen LogP contribution is 2.34. The second-order valence-electron chi connectivity index (χ2n) is 5.73. The quantitative estimate of drug-likeness (QED) is 0.617. The summed E-state index contributed by atoms with van der Waals surface area (Å²) >= 11 is 12.3. The first-order chi connectivity index (χ1) is 12.5. The number of carbonyl (C=O) groups excluding carboxylic acids is 1. The lowest BCUT2D eigenvalue weighted by atomic mass is 9.91. The van der Waals surface area contributed by atoms with Gasteiger partial charge < -0.3 is 9.73 Å². The van der Waals surface area contributed by atoms with Gasteiger partial charge in [-0.3, -0.25) is 4.79 Å². The third kappa shape index (κ3) is 3.75. The number of nitrogens with zero attached hydrogens (tertiary/aromatic N) is 1. The van der Waals surface area contributed by atoms with Crippen LogP contribution < -0.4 is 5.32 Å². The molecule has 1 aromatic heterocycles. The number of aryl methyl sites for hydroxylation is 1. The van der Waals surface area contributed by atoms with Crippen molar-refractivity contribution in [3.63, 3.8) is 0 Å². The normalized spacial score (nSPS) is 11.6. The molecule has 6 heteroatoms. The van der Waals surface area contributed by atoms with E-state index in [0.29, 0.717) is 21.3 Å². The number of furan rings is 1. The summed E-state index contributed by atoms with van der Waals surface area (Å²) in [5.41, 5.74) is 2.82. The number of nitriles is 1. The molecule has 0 aliphatic heterocycles. The van der Waals surface area contributed by atoms with E-state index in [1.807, 2.05) is 13.0 Å². The van der Waals surface area contributed by atoms with Gasteiger partial charge in [-0.25, -0.2) is 0 Å². The first-order valence-corrected chi connectivity index (χ1v) is 8.55. The van der Waals surface area contributed by atoms with Crippen molar-refractivity contribution in [2.24, 2.45) is 0 Å². The molecule has 1 heterocycles. The molecule has 3 rings (SSSR count). The lowest BCUT2D eigenvalue weighted by molar-refractivity contribution is 0.0996. The highest BCUT2D eigenvalue weighted by molar-refractivity contribution is 6.32. The summed E-state index contributed by atoms with van der Waals surface area (Å²) in [7, 11) is 0. The molecule has 0 aliphatic carbocycles. The van der Waals surface area contributed by atoms with Crippen molar-refractivity contribution in [3.8, 4) is 6.07 Å². The number of nitrogens with one attached hydrogen (secondary N) is 1. The van der Waals surface area contributed by atoms with E-state index in [-0.39, 0.29) is 11.7 Å². The van der Waals surface area contributed by atoms with E-state index in [0.717, 1.165) is 11.1 Å². The van der Waals surface area contributed by atoms with Crippen LogP contribution in [-0.2, 0) is 0 Å². The lowest BCUT2D eigenvalue weighted by Crippen LogP contribution is -2.12. The van der Waals surface area contributed by atoms with Gasteiger partial charge in [-0.2, -0.15) is 5.26 Å². The molecule has 4 nitrogen and oxygen atoms in total. The molecule has 1 amide bonds. The second kappa shape index (κ2) is 7.65. The van der Waals surface area contributed by atoms with Crippen molar-refractivity contribution < 1.29 is 9.21 Å². The number of hydrogen-bond acceptors (Lipinski definition) is 3. The zero-order valence-electron chi connectivity index (χ0n) is 13.8. The van der Waals surface area contributed by atoms with Gasteiger partial charge in [0.25, 0.3) is 5.91 Å². The molecular formula is C20H14Cl2N2O2. The zero-order valence-corrected chi connectivity index (χ0v) is 15.3. The smallest absolute Gasteiger partial charge is 0.291 e. The molecular weight excluding hydrogens is 371 g/mol. The fourth-order valence-corrected chi connectivity index (χ4v) is 3.03. The Morgan fingerprint density at radius 2 is 1.92 bits per heavy atom. The second-order valence-corrected chi connectivity index (χ2v) is 6.58. The van der Waals surface area contributed by atoms with E-state index in [9.17, 15) is 10.1 Å². The fraction of sp³-hybridized carbons (Fsp3) is 0.100. The summed E-state index contributed by atoms with van der Waals surface area (Å²) in [5.74, 6) is -0.689. The summed E-state index contributed by atoms with van der Waals surface area (Å²) in [6.07, 6.45) is 1.43. The van der Waals surface area contributed by atoms with Gasteiger partial charge in [-0.1, -0.05) is 41.4 Å². The van der Waals surface area contributed by atoms with Crippen LogP contribution in [0.1, 0.15) is 33.2 Å². The minimum atomic E-state index is -0.534. The average molecular weight is 385 g/mol. The first kappa shape index (κ1) is 18.1. The van der Waals surface area contributed by atoms with Gasteiger partial charge in [0.15, 0.2) is 5.76 Å². The SMILES string of the molecule is Cc1cc([C@@H](C#N)c2ccc(Cl)cc2)c(Cl)cc1NC(=O)c1ccco1. The van der Waals surface area contributed by atoms with Crippen LogP contribution in [0.5, 0.6) is 0 Å². The van der Waals surface area contributed by atoms with Crippen molar-refractivity contribution in [2.45, 2.75) is 12.8 Å². The number of rotatable bonds is 4. The van der Waals surface area contributed by atoms with Gasteiger partial charge in [0.2, 0.25) is 0 Å². The van der Waals surface area contributed by atoms with E-state index in [1.165, 1.54) is 6.26 Å². The van der Waals surface area contributed by atoms with Gasteiger partial charge >= 0.3 is 0 Å². The van der Waals surface area contributed by atoms with E-state index in [1.54, 1.807) is 42.5 Å². The largest absolute Gasteiger partial charge is 0.459 e. The Kier molecular flexibility index (Phi) is 5.32. The van der Waals surface area contributed by atoms with Crippen LogP contribution >= 0.6 is 23.2 Å². The molecule has 0 unspecified atom stereocenters. The molecule has 26 heavy (non-hydrogen) atoms. The Labute approximate surface area is 161 Å². The molecule has 0 saturated heterocycles. The van der Waals surface area contributed by atoms with Crippen LogP contribution in [0.2, 0.25) is 10.0 Å². The molecule has 0 radical (unpaired) electrons. The van der Waals surface area contributed by atoms with Gasteiger partial charge in [-0.05, 0) is 53.9 Å². The van der Waals surface area contributed by atoms with Gasteiger partial charge in [0.1, 0.15) is 0 Å². The molecule has 0 bridgehead atoms. The monoisotopic (exact) mass is 384 g/mol. The number of hydrogen-bond donors (Lipinski definition) is 1. The van der Waals surface area contributed by atoms with E-state index < -0.39 is 5.92 Å². The number of amides is 1. The lowest BCUT2D eigenvalue weighted by Gasteiger charge is -2.16. The highest BCUT2D eigenvalue weighted by Gasteiger charge is 2.19. The van der Waals surface area contributed by atoms with Gasteiger partial charge in [0, 0.05) is 15.7 Å². The molecule has 0 spiro atoms. The molecule has 1 N–H and O–H groups in total. The van der Waals surface area contributed by atoms with Gasteiger partial charge in [0.05, 0.1) is 18.3 Å². The first-order valence-electron chi connectivity index (χ1n) is 7.79. The maximum absolute atomic E-state index is 12.2. The number of benzene rings is 2. The minimum absolute atomic E-state index is 0.209.